The number of hydrogen-bond donors (Lipinski definition) is 2. The molecule has 0 bridgehead atoms. The highest BCUT2D eigenvalue weighted by Crippen LogP contribution is 2.39. The first-order chi connectivity index (χ1) is 15.6. The molecule has 0 amide bonds. The zero-order valence-electron chi connectivity index (χ0n) is 18.6. The van der Waals surface area contributed by atoms with Gasteiger partial charge in [0.2, 0.25) is 5.95 Å². The highest BCUT2D eigenvalue weighted by atomic mass is 32.2. The maximum absolute atomic E-state index is 12.8. The van der Waals surface area contributed by atoms with Crippen LogP contribution in [0.25, 0.3) is 0 Å². The lowest BCUT2D eigenvalue weighted by molar-refractivity contribution is 0.143. The van der Waals surface area contributed by atoms with Crippen molar-refractivity contribution >= 4 is 22.6 Å². The summed E-state index contributed by atoms with van der Waals surface area (Å²) >= 11 is 0. The van der Waals surface area contributed by atoms with Gasteiger partial charge in [0.05, 0.1) is 28.6 Å². The van der Waals surface area contributed by atoms with Gasteiger partial charge in [-0.25, -0.2) is 4.98 Å². The Balaban J connectivity index is 1.24. The van der Waals surface area contributed by atoms with Gasteiger partial charge < -0.3 is 15.3 Å². The molecule has 2 fully saturated rings. The molecule has 2 N–H and O–H groups in total. The van der Waals surface area contributed by atoms with E-state index in [9.17, 15) is 9.32 Å². The van der Waals surface area contributed by atoms with Gasteiger partial charge in [-0.05, 0) is 80.4 Å². The normalized spacial score (nSPS) is 24.2. The van der Waals surface area contributed by atoms with Crippen LogP contribution in [0.1, 0.15) is 66.8 Å². The molecule has 6 rings (SSSR count). The number of aliphatic hydroxyl groups is 1. The van der Waals surface area contributed by atoms with Crippen molar-refractivity contribution in [1.82, 2.24) is 9.97 Å². The number of aryl methyl sites for hydroxylation is 3. The fourth-order valence-corrected chi connectivity index (χ4v) is 6.98. The highest BCUT2D eigenvalue weighted by Gasteiger charge is 2.38. The second-order valence-electron chi connectivity index (χ2n) is 10.0. The van der Waals surface area contributed by atoms with Crippen molar-refractivity contribution in [3.8, 4) is 0 Å². The van der Waals surface area contributed by atoms with Crippen LogP contribution < -0.4 is 10.2 Å². The van der Waals surface area contributed by atoms with Crippen LogP contribution in [0.15, 0.2) is 23.1 Å². The Kier molecular flexibility index (Phi) is 5.22. The average molecular weight is 453 g/mol. The third-order valence-electron chi connectivity index (χ3n) is 8.04. The zero-order chi connectivity index (χ0) is 21.7. The zero-order valence-corrected chi connectivity index (χ0v) is 19.4. The summed E-state index contributed by atoms with van der Waals surface area (Å²) in [5.41, 5.74) is 5.17. The lowest BCUT2D eigenvalue weighted by atomic mass is 9.77. The van der Waals surface area contributed by atoms with Gasteiger partial charge in [0.1, 0.15) is 10.7 Å². The number of hydrogen-bond acceptors (Lipinski definition) is 6. The van der Waals surface area contributed by atoms with E-state index in [1.54, 1.807) is 5.56 Å². The molecule has 1 aromatic carbocycles. The lowest BCUT2D eigenvalue weighted by Gasteiger charge is -2.42. The minimum atomic E-state index is -1.07. The van der Waals surface area contributed by atoms with E-state index in [1.807, 2.05) is 0 Å². The second kappa shape index (κ2) is 8.10. The first-order valence-corrected chi connectivity index (χ1v) is 13.5. The Labute approximate surface area is 192 Å². The Hall–Kier alpha value is -1.99. The fourth-order valence-electron chi connectivity index (χ4n) is 5.65. The molecular formula is C25H32N4O2S. The van der Waals surface area contributed by atoms with Crippen LogP contribution in [0.4, 0.5) is 11.8 Å². The van der Waals surface area contributed by atoms with Crippen LogP contribution in [0, 0.1) is 0 Å². The molecule has 0 unspecified atom stereocenters. The van der Waals surface area contributed by atoms with E-state index >= 15 is 0 Å². The largest absolute Gasteiger partial charge is 0.394 e. The number of nitrogens with zero attached hydrogens (tertiary/aromatic N) is 3. The van der Waals surface area contributed by atoms with Gasteiger partial charge in [0.25, 0.3) is 0 Å². The van der Waals surface area contributed by atoms with E-state index in [-0.39, 0.29) is 12.1 Å². The summed E-state index contributed by atoms with van der Waals surface area (Å²) in [7, 11) is -1.07. The molecule has 2 aromatic rings. The smallest absolute Gasteiger partial charge is 0.227 e. The summed E-state index contributed by atoms with van der Waals surface area (Å²) in [5, 5.41) is 13.5. The third kappa shape index (κ3) is 3.54. The Morgan fingerprint density at radius 1 is 1.09 bits per heavy atom. The number of benzene rings is 1. The predicted octanol–water partition coefficient (Wildman–Crippen LogP) is 3.34. The van der Waals surface area contributed by atoms with Gasteiger partial charge in [0, 0.05) is 18.8 Å². The van der Waals surface area contributed by atoms with Crippen LogP contribution in [0.3, 0.4) is 0 Å². The number of fused-ring (bicyclic) bond motifs is 2. The van der Waals surface area contributed by atoms with Gasteiger partial charge >= 0.3 is 0 Å². The van der Waals surface area contributed by atoms with Gasteiger partial charge in [-0.1, -0.05) is 18.2 Å². The van der Waals surface area contributed by atoms with Crippen LogP contribution in [0.2, 0.25) is 0 Å². The van der Waals surface area contributed by atoms with Crippen LogP contribution in [-0.2, 0) is 30.1 Å². The Morgan fingerprint density at radius 3 is 2.56 bits per heavy atom. The van der Waals surface area contributed by atoms with Gasteiger partial charge in [-0.2, -0.15) is 4.98 Å². The Morgan fingerprint density at radius 2 is 1.91 bits per heavy atom. The number of nitrogens with one attached hydrogen (secondary N) is 1. The van der Waals surface area contributed by atoms with Crippen molar-refractivity contribution in [2.45, 2.75) is 74.1 Å². The van der Waals surface area contributed by atoms with E-state index in [1.165, 1.54) is 24.0 Å². The van der Waals surface area contributed by atoms with Crippen molar-refractivity contribution < 1.29 is 9.32 Å². The maximum atomic E-state index is 12.8. The molecule has 32 heavy (non-hydrogen) atoms. The van der Waals surface area contributed by atoms with E-state index < -0.39 is 10.8 Å². The first kappa shape index (κ1) is 20.6. The predicted molar refractivity (Wildman–Crippen MR) is 127 cm³/mol. The summed E-state index contributed by atoms with van der Waals surface area (Å²) < 4.78 is 12.8. The molecule has 4 aliphatic rings. The number of aliphatic hydroxyl groups excluding tert-OH is 1. The average Bonchev–Trinajstić information content (AvgIpc) is 2.77. The van der Waals surface area contributed by atoms with Crippen molar-refractivity contribution in [1.29, 1.82) is 0 Å². The summed E-state index contributed by atoms with van der Waals surface area (Å²) in [6.45, 7) is 1.96. The molecule has 1 atom stereocenters. The minimum absolute atomic E-state index is 0.0833. The SMILES string of the molecule is O=[S@@]1CCCc2nc(N3CCC(c4ccc5c(c4)CC5)CC3)nc(NC3(CO)CCC3)c21. The van der Waals surface area contributed by atoms with E-state index in [4.69, 9.17) is 9.97 Å². The molecule has 0 spiro atoms. The van der Waals surface area contributed by atoms with Gasteiger partial charge in [-0.3, -0.25) is 4.21 Å². The first-order valence-electron chi connectivity index (χ1n) is 12.2. The molecule has 1 saturated heterocycles. The molecule has 1 saturated carbocycles. The summed E-state index contributed by atoms with van der Waals surface area (Å²) in [6, 6.07) is 7.08. The van der Waals surface area contributed by atoms with E-state index in [2.05, 4.69) is 28.4 Å². The molecule has 3 heterocycles. The monoisotopic (exact) mass is 452 g/mol. The van der Waals surface area contributed by atoms with Crippen molar-refractivity contribution in [3.05, 3.63) is 40.6 Å². The lowest BCUT2D eigenvalue weighted by Crippen LogP contribution is -2.49. The number of anilines is 2. The molecular weight excluding hydrogens is 420 g/mol. The van der Waals surface area contributed by atoms with Crippen LogP contribution >= 0.6 is 0 Å². The molecule has 2 aliphatic carbocycles. The molecule has 0 radical (unpaired) electrons. The fraction of sp³-hybridized carbons (Fsp3) is 0.600. The van der Waals surface area contributed by atoms with Gasteiger partial charge in [0.15, 0.2) is 0 Å². The molecule has 170 valence electrons. The molecule has 2 aliphatic heterocycles. The van der Waals surface area contributed by atoms with Crippen molar-refractivity contribution in [2.75, 3.05) is 35.7 Å². The Bertz CT molecular complexity index is 1050. The summed E-state index contributed by atoms with van der Waals surface area (Å²) in [4.78, 5) is 12.9. The third-order valence-corrected chi connectivity index (χ3v) is 9.58. The number of rotatable bonds is 5. The summed E-state index contributed by atoms with van der Waals surface area (Å²) in [5.74, 6) is 2.73. The minimum Gasteiger partial charge on any atom is -0.394 e. The van der Waals surface area contributed by atoms with Gasteiger partial charge in [-0.15, -0.1) is 0 Å². The van der Waals surface area contributed by atoms with Crippen molar-refractivity contribution in [2.24, 2.45) is 0 Å². The van der Waals surface area contributed by atoms with Crippen LogP contribution in [0.5, 0.6) is 0 Å². The number of aromatic nitrogens is 2. The van der Waals surface area contributed by atoms with E-state index in [0.717, 1.165) is 74.6 Å². The standard InChI is InChI=1S/C25H32N4O2S/c30-16-25(10-2-11-25)28-23-22-21(3-1-14-32(22)31)26-24(27-23)29-12-8-18(9-13-29)20-7-5-17-4-6-19(17)15-20/h5,7,15,18,30H,1-4,6,8-14,16H2,(H,26,27,28)/t32-/m1/s1. The maximum Gasteiger partial charge on any atom is 0.227 e. The highest BCUT2D eigenvalue weighted by molar-refractivity contribution is 7.85. The number of piperidine rings is 1. The molecule has 7 heteroatoms. The molecule has 1 aromatic heterocycles. The van der Waals surface area contributed by atoms with Crippen molar-refractivity contribution in [3.63, 3.8) is 0 Å². The second-order valence-corrected chi connectivity index (χ2v) is 11.5. The quantitative estimate of drug-likeness (QED) is 0.725. The topological polar surface area (TPSA) is 78.4 Å². The summed E-state index contributed by atoms with van der Waals surface area (Å²) in [6.07, 6.45) is 9.40. The van der Waals surface area contributed by atoms with E-state index in [0.29, 0.717) is 17.5 Å². The molecule has 6 nitrogen and oxygen atoms in total. The van der Waals surface area contributed by atoms with Crippen LogP contribution in [-0.4, -0.2) is 50.3 Å².